The maximum Gasteiger partial charge on any atom is 0.303 e. The van der Waals surface area contributed by atoms with Gasteiger partial charge >= 0.3 is 23.9 Å². The largest absolute Gasteiger partial charge is 0.463 e. The highest BCUT2D eigenvalue weighted by atomic mass is 16.7. The van der Waals surface area contributed by atoms with Crippen molar-refractivity contribution >= 4 is 30.2 Å². The van der Waals surface area contributed by atoms with Crippen molar-refractivity contribution in [1.82, 2.24) is 0 Å². The molecule has 1 aliphatic heterocycles. The molecule has 0 bridgehead atoms. The van der Waals surface area contributed by atoms with E-state index >= 15 is 0 Å². The van der Waals surface area contributed by atoms with Crippen LogP contribution in [0.25, 0.3) is 0 Å². The molecule has 27 heavy (non-hydrogen) atoms. The van der Waals surface area contributed by atoms with Gasteiger partial charge in [-0.1, -0.05) is 0 Å². The zero-order valence-electron chi connectivity index (χ0n) is 15.7. The molecule has 0 spiro atoms. The molecule has 0 aromatic heterocycles. The van der Waals surface area contributed by atoms with E-state index in [2.05, 4.69) is 0 Å². The Labute approximate surface area is 156 Å². The number of ether oxygens (including phenoxy) is 5. The van der Waals surface area contributed by atoms with Crippen molar-refractivity contribution in [3.8, 4) is 0 Å². The lowest BCUT2D eigenvalue weighted by Crippen LogP contribution is -2.62. The molecule has 1 aliphatic rings. The Morgan fingerprint density at radius 1 is 0.778 bits per heavy atom. The highest BCUT2D eigenvalue weighted by Gasteiger charge is 2.51. The molecule has 1 heterocycles. The average Bonchev–Trinajstić information content (AvgIpc) is 2.54. The van der Waals surface area contributed by atoms with Gasteiger partial charge in [0.15, 0.2) is 18.3 Å². The van der Waals surface area contributed by atoms with E-state index in [1.165, 1.54) is 6.92 Å². The topological polar surface area (TPSA) is 132 Å². The molecule has 1 saturated heterocycles. The molecule has 0 N–H and O–H groups in total. The lowest BCUT2D eigenvalue weighted by atomic mass is 9.92. The summed E-state index contributed by atoms with van der Waals surface area (Å²) in [4.78, 5) is 56.5. The summed E-state index contributed by atoms with van der Waals surface area (Å²) in [6.45, 7) is 4.36. The zero-order chi connectivity index (χ0) is 20.6. The van der Waals surface area contributed by atoms with Crippen LogP contribution < -0.4 is 0 Å². The minimum Gasteiger partial charge on any atom is -0.463 e. The molecule has 0 amide bonds. The molecule has 0 unspecified atom stereocenters. The summed E-state index contributed by atoms with van der Waals surface area (Å²) in [5.41, 5.74) is 0. The second-order valence-electron chi connectivity index (χ2n) is 5.98. The van der Waals surface area contributed by atoms with Crippen LogP contribution in [0.5, 0.6) is 0 Å². The van der Waals surface area contributed by atoms with Gasteiger partial charge in [0.25, 0.3) is 0 Å². The van der Waals surface area contributed by atoms with E-state index in [1.807, 2.05) is 0 Å². The Kier molecular flexibility index (Phi) is 8.86. The number of esters is 4. The summed E-state index contributed by atoms with van der Waals surface area (Å²) in [6.07, 6.45) is -4.39. The predicted molar refractivity (Wildman–Crippen MR) is 87.3 cm³/mol. The molecule has 1 rings (SSSR count). The minimum atomic E-state index is -1.19. The van der Waals surface area contributed by atoms with Gasteiger partial charge in [-0.3, -0.25) is 19.2 Å². The molecule has 0 aromatic carbocycles. The van der Waals surface area contributed by atoms with Crippen molar-refractivity contribution in [1.29, 1.82) is 0 Å². The van der Waals surface area contributed by atoms with Gasteiger partial charge in [-0.05, 0) is 6.42 Å². The normalized spacial score (nSPS) is 27.2. The molecule has 0 saturated carbocycles. The second-order valence-corrected chi connectivity index (χ2v) is 5.98. The Bertz CT molecular complexity index is 572. The van der Waals surface area contributed by atoms with Gasteiger partial charge < -0.3 is 28.5 Å². The number of hydrogen-bond donors (Lipinski definition) is 0. The van der Waals surface area contributed by atoms with Crippen LogP contribution >= 0.6 is 0 Å². The molecule has 10 nitrogen and oxygen atoms in total. The molecular formula is C17H24O10. The summed E-state index contributed by atoms with van der Waals surface area (Å²) < 4.78 is 26.5. The molecule has 1 fully saturated rings. The van der Waals surface area contributed by atoms with Crippen molar-refractivity contribution < 1.29 is 47.7 Å². The maximum absolute atomic E-state index is 11.6. The quantitative estimate of drug-likeness (QED) is 0.320. The van der Waals surface area contributed by atoms with E-state index < -0.39 is 54.4 Å². The fourth-order valence-electron chi connectivity index (χ4n) is 2.78. The summed E-state index contributed by atoms with van der Waals surface area (Å²) in [5.74, 6) is -2.65. The smallest absolute Gasteiger partial charge is 0.303 e. The second kappa shape index (κ2) is 10.6. The molecule has 152 valence electrons. The van der Waals surface area contributed by atoms with Crippen LogP contribution in [-0.4, -0.2) is 67.3 Å². The summed E-state index contributed by atoms with van der Waals surface area (Å²) in [7, 11) is 0. The van der Waals surface area contributed by atoms with Crippen LogP contribution in [-0.2, 0) is 47.7 Å². The van der Waals surface area contributed by atoms with Crippen molar-refractivity contribution in [3.05, 3.63) is 0 Å². The van der Waals surface area contributed by atoms with Crippen molar-refractivity contribution in [2.75, 3.05) is 6.61 Å². The van der Waals surface area contributed by atoms with Crippen molar-refractivity contribution in [3.63, 3.8) is 0 Å². The molecular weight excluding hydrogens is 364 g/mol. The van der Waals surface area contributed by atoms with Crippen molar-refractivity contribution in [2.45, 2.75) is 71.1 Å². The van der Waals surface area contributed by atoms with E-state index in [-0.39, 0.29) is 19.4 Å². The Morgan fingerprint density at radius 3 is 1.70 bits per heavy atom. The highest BCUT2D eigenvalue weighted by Crippen LogP contribution is 2.31. The van der Waals surface area contributed by atoms with Crippen LogP contribution in [0.1, 0.15) is 40.5 Å². The van der Waals surface area contributed by atoms with E-state index in [0.717, 1.165) is 20.8 Å². The first-order valence-corrected chi connectivity index (χ1v) is 8.39. The van der Waals surface area contributed by atoms with E-state index in [0.29, 0.717) is 6.29 Å². The van der Waals surface area contributed by atoms with Crippen LogP contribution in [0.15, 0.2) is 0 Å². The first-order chi connectivity index (χ1) is 12.6. The first kappa shape index (κ1) is 22.6. The first-order valence-electron chi connectivity index (χ1n) is 8.39. The highest BCUT2D eigenvalue weighted by molar-refractivity contribution is 5.68. The van der Waals surface area contributed by atoms with E-state index in [9.17, 15) is 24.0 Å². The molecule has 5 atom stereocenters. The molecule has 0 radical (unpaired) electrons. The number of carbonyl (C=O) groups excluding carboxylic acids is 5. The van der Waals surface area contributed by atoms with E-state index in [4.69, 9.17) is 23.7 Å². The van der Waals surface area contributed by atoms with Crippen LogP contribution in [0.2, 0.25) is 0 Å². The lowest BCUT2D eigenvalue weighted by Gasteiger charge is -2.44. The summed E-state index contributed by atoms with van der Waals surface area (Å²) in [6, 6.07) is 0. The van der Waals surface area contributed by atoms with Gasteiger partial charge in [-0.15, -0.1) is 0 Å². The van der Waals surface area contributed by atoms with Crippen LogP contribution in [0.4, 0.5) is 0 Å². The third-order valence-electron chi connectivity index (χ3n) is 3.66. The monoisotopic (exact) mass is 388 g/mol. The Hall–Kier alpha value is -2.49. The lowest BCUT2D eigenvalue weighted by molar-refractivity contribution is -0.253. The third kappa shape index (κ3) is 7.33. The predicted octanol–water partition coefficient (Wildman–Crippen LogP) is 0.0911. The third-order valence-corrected chi connectivity index (χ3v) is 3.66. The molecule has 0 aliphatic carbocycles. The van der Waals surface area contributed by atoms with Gasteiger partial charge in [-0.2, -0.15) is 0 Å². The van der Waals surface area contributed by atoms with Crippen molar-refractivity contribution in [2.24, 2.45) is 0 Å². The standard InChI is InChI=1S/C17H24O10/c1-9(19)23-8-14-16(25-11(3)21)17(26-12(4)22)15(24-10(2)20)13(27-14)6-5-7-18/h7,13-17H,5-6,8H2,1-4H3/t13-,14-,15+,16-,17-/m1/s1. The number of hydrogen-bond acceptors (Lipinski definition) is 10. The van der Waals surface area contributed by atoms with Gasteiger partial charge in [0.05, 0.1) is 6.10 Å². The summed E-state index contributed by atoms with van der Waals surface area (Å²) in [5, 5.41) is 0. The number of carbonyl (C=O) groups is 5. The minimum absolute atomic E-state index is 0.0910. The maximum atomic E-state index is 11.6. The number of rotatable bonds is 8. The van der Waals surface area contributed by atoms with Gasteiger partial charge in [0.1, 0.15) is 19.0 Å². The van der Waals surface area contributed by atoms with Crippen LogP contribution in [0.3, 0.4) is 0 Å². The zero-order valence-corrected chi connectivity index (χ0v) is 15.7. The molecule has 10 heteroatoms. The fourth-order valence-corrected chi connectivity index (χ4v) is 2.78. The van der Waals surface area contributed by atoms with E-state index in [1.54, 1.807) is 0 Å². The Morgan fingerprint density at radius 2 is 1.26 bits per heavy atom. The molecule has 0 aromatic rings. The average molecular weight is 388 g/mol. The number of aldehydes is 1. The SMILES string of the molecule is CC(=O)OC[C@H]1O[C@H](CCC=O)[C@H](OC(C)=O)[C@@H](OC(C)=O)[C@@H]1OC(C)=O. The van der Waals surface area contributed by atoms with Gasteiger partial charge in [0, 0.05) is 34.1 Å². The van der Waals surface area contributed by atoms with Gasteiger partial charge in [0.2, 0.25) is 0 Å². The fraction of sp³-hybridized carbons (Fsp3) is 0.706. The summed E-state index contributed by atoms with van der Waals surface area (Å²) >= 11 is 0. The van der Waals surface area contributed by atoms with Gasteiger partial charge in [-0.25, -0.2) is 0 Å². The van der Waals surface area contributed by atoms with Crippen LogP contribution in [0, 0.1) is 0 Å². The Balaban J connectivity index is 3.24.